The van der Waals surface area contributed by atoms with Gasteiger partial charge in [0, 0.05) is 6.54 Å². The predicted molar refractivity (Wildman–Crippen MR) is 45.6 cm³/mol. The molecular weight excluding hydrogens is 142 g/mol. The van der Waals surface area contributed by atoms with Crippen LogP contribution in [0, 0.1) is 0 Å². The Morgan fingerprint density at radius 1 is 1.00 bits per heavy atom. The maximum absolute atomic E-state index is 8.22. The van der Waals surface area contributed by atoms with Crippen molar-refractivity contribution in [3.8, 4) is 0 Å². The van der Waals surface area contributed by atoms with Gasteiger partial charge in [0.1, 0.15) is 0 Å². The molecule has 0 heterocycles. The lowest BCUT2D eigenvalue weighted by molar-refractivity contribution is 0.165. The molecule has 0 unspecified atom stereocenters. The van der Waals surface area contributed by atoms with Crippen LogP contribution in [0.1, 0.15) is 19.3 Å². The highest BCUT2D eigenvalue weighted by Gasteiger charge is 1.87. The lowest BCUT2D eigenvalue weighted by atomic mass is 10.3. The van der Waals surface area contributed by atoms with E-state index in [1.165, 1.54) is 0 Å². The molecule has 4 heteroatoms. The second-order valence-corrected chi connectivity index (χ2v) is 2.51. The Bertz CT molecular complexity index is 62.7. The number of hydrogen-bond acceptors (Lipinski definition) is 4. The average Bonchev–Trinajstić information content (AvgIpc) is 2.03. The molecule has 0 aromatic rings. The predicted octanol–water partition coefficient (Wildman–Crippen LogP) is -0.316. The normalized spacial score (nSPS) is 10.4. The molecule has 0 amide bonds. The summed E-state index contributed by atoms with van der Waals surface area (Å²) in [5.41, 5.74) is 7.43. The van der Waals surface area contributed by atoms with Crippen molar-refractivity contribution < 1.29 is 5.21 Å². The summed E-state index contributed by atoms with van der Waals surface area (Å²) in [4.78, 5) is 0. The number of nitrogens with two attached hydrogens (primary N) is 1. The van der Waals surface area contributed by atoms with Crippen molar-refractivity contribution in [3.63, 3.8) is 0 Å². The lowest BCUT2D eigenvalue weighted by Crippen LogP contribution is -2.20. The zero-order chi connectivity index (χ0) is 8.36. The van der Waals surface area contributed by atoms with Crippen molar-refractivity contribution in [2.24, 2.45) is 5.73 Å². The third kappa shape index (κ3) is 9.84. The molecular formula is C7H19N3O. The second-order valence-electron chi connectivity index (χ2n) is 2.51. The summed E-state index contributed by atoms with van der Waals surface area (Å²) in [7, 11) is 0. The zero-order valence-electron chi connectivity index (χ0n) is 6.97. The van der Waals surface area contributed by atoms with Gasteiger partial charge in [0.25, 0.3) is 0 Å². The summed E-state index contributed by atoms with van der Waals surface area (Å²) in [6.45, 7) is 3.45. The van der Waals surface area contributed by atoms with Gasteiger partial charge in [-0.3, -0.25) is 0 Å². The van der Waals surface area contributed by atoms with Gasteiger partial charge in [-0.1, -0.05) is 0 Å². The Balaban J connectivity index is 2.69. The van der Waals surface area contributed by atoms with E-state index in [4.69, 9.17) is 10.9 Å². The first-order valence-electron chi connectivity index (χ1n) is 4.19. The van der Waals surface area contributed by atoms with Gasteiger partial charge < -0.3 is 16.3 Å². The van der Waals surface area contributed by atoms with Crippen LogP contribution in [-0.2, 0) is 0 Å². The monoisotopic (exact) mass is 161 g/mol. The first-order chi connectivity index (χ1) is 5.41. The van der Waals surface area contributed by atoms with E-state index in [-0.39, 0.29) is 0 Å². The van der Waals surface area contributed by atoms with E-state index in [2.05, 4.69) is 10.8 Å². The van der Waals surface area contributed by atoms with Gasteiger partial charge in [-0.15, -0.1) is 0 Å². The van der Waals surface area contributed by atoms with Crippen molar-refractivity contribution >= 4 is 0 Å². The van der Waals surface area contributed by atoms with Crippen LogP contribution in [-0.4, -0.2) is 31.4 Å². The number of hydroxylamine groups is 1. The molecule has 0 aliphatic carbocycles. The fourth-order valence-electron chi connectivity index (χ4n) is 0.806. The van der Waals surface area contributed by atoms with E-state index in [0.29, 0.717) is 6.54 Å². The third-order valence-electron chi connectivity index (χ3n) is 1.45. The molecule has 0 rings (SSSR count). The van der Waals surface area contributed by atoms with Crippen LogP contribution in [0.2, 0.25) is 0 Å². The maximum Gasteiger partial charge on any atom is 0.0207 e. The van der Waals surface area contributed by atoms with E-state index in [1.807, 2.05) is 0 Å². The smallest absolute Gasteiger partial charge is 0.0207 e. The molecule has 68 valence electrons. The Kier molecular flexibility index (Phi) is 9.70. The number of rotatable bonds is 8. The molecule has 0 fully saturated rings. The van der Waals surface area contributed by atoms with Gasteiger partial charge in [0.05, 0.1) is 0 Å². The topological polar surface area (TPSA) is 70.3 Å². The maximum atomic E-state index is 8.22. The van der Waals surface area contributed by atoms with Crippen LogP contribution in [0.4, 0.5) is 0 Å². The van der Waals surface area contributed by atoms with Crippen LogP contribution in [0.15, 0.2) is 0 Å². The highest BCUT2D eigenvalue weighted by molar-refractivity contribution is 4.49. The van der Waals surface area contributed by atoms with Crippen LogP contribution < -0.4 is 16.5 Å². The number of hydrogen-bond donors (Lipinski definition) is 4. The van der Waals surface area contributed by atoms with Crippen molar-refractivity contribution in [1.29, 1.82) is 0 Å². The molecule has 0 spiro atoms. The molecule has 0 aromatic heterocycles. The summed E-state index contributed by atoms with van der Waals surface area (Å²) in [6, 6.07) is 0. The largest absolute Gasteiger partial charge is 0.330 e. The minimum absolute atomic E-state index is 0.679. The van der Waals surface area contributed by atoms with Crippen molar-refractivity contribution in [1.82, 2.24) is 10.8 Å². The van der Waals surface area contributed by atoms with Gasteiger partial charge in [-0.25, -0.2) is 5.48 Å². The molecule has 0 saturated heterocycles. The minimum atomic E-state index is 0.679. The van der Waals surface area contributed by atoms with E-state index < -0.39 is 0 Å². The van der Waals surface area contributed by atoms with Gasteiger partial charge in [-0.2, -0.15) is 0 Å². The minimum Gasteiger partial charge on any atom is -0.330 e. The summed E-state index contributed by atoms with van der Waals surface area (Å²) >= 11 is 0. The van der Waals surface area contributed by atoms with Gasteiger partial charge >= 0.3 is 0 Å². The molecule has 0 bridgehead atoms. The first kappa shape index (κ1) is 10.8. The molecule has 0 aliphatic rings. The standard InChI is InChI=1S/C7H19N3O/c8-4-3-6-9-5-1-2-7-10-11/h9-11H,1-8H2. The SMILES string of the molecule is NCCCNCCCCNO. The van der Waals surface area contributed by atoms with E-state index >= 15 is 0 Å². The average molecular weight is 161 g/mol. The molecule has 0 radical (unpaired) electrons. The first-order valence-corrected chi connectivity index (χ1v) is 4.19. The molecule has 4 nitrogen and oxygen atoms in total. The molecule has 0 saturated carbocycles. The Morgan fingerprint density at radius 3 is 2.27 bits per heavy atom. The zero-order valence-corrected chi connectivity index (χ0v) is 6.97. The van der Waals surface area contributed by atoms with E-state index in [0.717, 1.165) is 38.9 Å². The quantitative estimate of drug-likeness (QED) is 0.291. The van der Waals surface area contributed by atoms with Crippen LogP contribution in [0.5, 0.6) is 0 Å². The molecule has 0 aliphatic heterocycles. The fourth-order valence-corrected chi connectivity index (χ4v) is 0.806. The van der Waals surface area contributed by atoms with Crippen molar-refractivity contribution in [2.75, 3.05) is 26.2 Å². The number of unbranched alkanes of at least 4 members (excludes halogenated alkanes) is 1. The Hall–Kier alpha value is -0.160. The van der Waals surface area contributed by atoms with Gasteiger partial charge in [-0.05, 0) is 38.9 Å². The van der Waals surface area contributed by atoms with E-state index in [9.17, 15) is 0 Å². The fraction of sp³-hybridized carbons (Fsp3) is 1.00. The molecule has 0 aromatic carbocycles. The lowest BCUT2D eigenvalue weighted by Gasteiger charge is -2.02. The number of nitrogens with one attached hydrogen (secondary N) is 2. The van der Waals surface area contributed by atoms with Gasteiger partial charge in [0.15, 0.2) is 0 Å². The van der Waals surface area contributed by atoms with Crippen LogP contribution in [0.3, 0.4) is 0 Å². The Morgan fingerprint density at radius 2 is 1.64 bits per heavy atom. The van der Waals surface area contributed by atoms with Gasteiger partial charge in [0.2, 0.25) is 0 Å². The molecule has 0 atom stereocenters. The van der Waals surface area contributed by atoms with Crippen LogP contribution >= 0.6 is 0 Å². The third-order valence-corrected chi connectivity index (χ3v) is 1.45. The van der Waals surface area contributed by atoms with Crippen molar-refractivity contribution in [2.45, 2.75) is 19.3 Å². The second kappa shape index (κ2) is 9.84. The summed E-state index contributed by atoms with van der Waals surface area (Å²) in [6.07, 6.45) is 3.14. The van der Waals surface area contributed by atoms with Crippen molar-refractivity contribution in [3.05, 3.63) is 0 Å². The highest BCUT2D eigenvalue weighted by Crippen LogP contribution is 1.83. The highest BCUT2D eigenvalue weighted by atomic mass is 16.5. The van der Waals surface area contributed by atoms with E-state index in [1.54, 1.807) is 0 Å². The van der Waals surface area contributed by atoms with Crippen LogP contribution in [0.25, 0.3) is 0 Å². The Labute approximate surface area is 68.1 Å². The summed E-state index contributed by atoms with van der Waals surface area (Å²) in [5.74, 6) is 0. The molecule has 5 N–H and O–H groups in total. The summed E-state index contributed by atoms with van der Waals surface area (Å²) < 4.78 is 0. The molecule has 11 heavy (non-hydrogen) atoms. The summed E-state index contributed by atoms with van der Waals surface area (Å²) in [5, 5.41) is 11.5.